The topological polar surface area (TPSA) is 129 Å². The van der Waals surface area contributed by atoms with E-state index in [0.29, 0.717) is 28.1 Å². The van der Waals surface area contributed by atoms with Crippen LogP contribution in [0, 0.1) is 26.0 Å². The standard InChI is InChI=1S/C22H18BrFN4O6/c1-2-33-21-9-15(18(23)11-22(21)34-13-14-3-5-16(24)6-4-14)12-25-26-19-8-7-17(27(29)30)10-20(19)28(31)32/h3-12,26H,2,13H2,1H3/b25-12+. The summed E-state index contributed by atoms with van der Waals surface area (Å²) in [5, 5.41) is 26.1. The van der Waals surface area contributed by atoms with Gasteiger partial charge in [-0.25, -0.2) is 4.39 Å². The fourth-order valence-corrected chi connectivity index (χ4v) is 3.25. The SMILES string of the molecule is CCOc1cc(/C=N/Nc2ccc([N+](=O)[O-])cc2[N+](=O)[O-])c(Br)cc1OCc1ccc(F)cc1. The number of hydrogen-bond donors (Lipinski definition) is 1. The highest BCUT2D eigenvalue weighted by molar-refractivity contribution is 9.10. The maximum Gasteiger partial charge on any atom is 0.301 e. The van der Waals surface area contributed by atoms with Gasteiger partial charge in [-0.05, 0) is 58.7 Å². The molecule has 0 radical (unpaired) electrons. The fourth-order valence-electron chi connectivity index (χ4n) is 2.82. The number of halogens is 2. The molecule has 0 amide bonds. The number of rotatable bonds is 10. The van der Waals surface area contributed by atoms with Crippen LogP contribution in [0.2, 0.25) is 0 Å². The van der Waals surface area contributed by atoms with Gasteiger partial charge < -0.3 is 9.47 Å². The van der Waals surface area contributed by atoms with Gasteiger partial charge in [0.2, 0.25) is 0 Å². The second-order valence-corrected chi connectivity index (χ2v) is 7.61. The number of nitro groups is 2. The lowest BCUT2D eigenvalue weighted by Crippen LogP contribution is -2.02. The van der Waals surface area contributed by atoms with Crippen molar-refractivity contribution >= 4 is 39.2 Å². The second kappa shape index (κ2) is 11.2. The zero-order valence-corrected chi connectivity index (χ0v) is 19.3. The molecule has 0 heterocycles. The molecule has 0 spiro atoms. The Hall–Kier alpha value is -4.06. The third-order valence-corrected chi connectivity index (χ3v) is 5.13. The Bertz CT molecular complexity index is 1240. The minimum absolute atomic E-state index is 0.00717. The van der Waals surface area contributed by atoms with E-state index in [1.165, 1.54) is 24.4 Å². The third kappa shape index (κ3) is 6.25. The van der Waals surface area contributed by atoms with Crippen molar-refractivity contribution in [3.8, 4) is 11.5 Å². The molecular formula is C22H18BrFN4O6. The second-order valence-electron chi connectivity index (χ2n) is 6.75. The molecule has 0 saturated carbocycles. The predicted molar refractivity (Wildman–Crippen MR) is 127 cm³/mol. The van der Waals surface area contributed by atoms with Crippen LogP contribution in [0.1, 0.15) is 18.1 Å². The first-order valence-electron chi connectivity index (χ1n) is 9.84. The average molecular weight is 533 g/mol. The van der Waals surface area contributed by atoms with Gasteiger partial charge in [-0.1, -0.05) is 12.1 Å². The van der Waals surface area contributed by atoms with E-state index in [2.05, 4.69) is 26.5 Å². The Morgan fingerprint density at radius 1 is 1.03 bits per heavy atom. The van der Waals surface area contributed by atoms with Gasteiger partial charge in [0.1, 0.15) is 18.1 Å². The van der Waals surface area contributed by atoms with Gasteiger partial charge in [0.15, 0.2) is 11.5 Å². The van der Waals surface area contributed by atoms with Crippen molar-refractivity contribution in [2.75, 3.05) is 12.0 Å². The molecule has 0 atom stereocenters. The van der Waals surface area contributed by atoms with E-state index >= 15 is 0 Å². The Kier molecular flexibility index (Phi) is 8.09. The molecule has 12 heteroatoms. The first kappa shape index (κ1) is 24.6. The average Bonchev–Trinajstić information content (AvgIpc) is 2.81. The van der Waals surface area contributed by atoms with Crippen molar-refractivity contribution in [3.63, 3.8) is 0 Å². The summed E-state index contributed by atoms with van der Waals surface area (Å²) in [4.78, 5) is 20.7. The first-order valence-corrected chi connectivity index (χ1v) is 10.6. The van der Waals surface area contributed by atoms with Crippen molar-refractivity contribution in [2.45, 2.75) is 13.5 Å². The summed E-state index contributed by atoms with van der Waals surface area (Å²) in [7, 11) is 0. The number of hydrazone groups is 1. The fraction of sp³-hybridized carbons (Fsp3) is 0.136. The third-order valence-electron chi connectivity index (χ3n) is 4.45. The van der Waals surface area contributed by atoms with Crippen LogP contribution in [-0.4, -0.2) is 22.7 Å². The van der Waals surface area contributed by atoms with Gasteiger partial charge in [0, 0.05) is 16.1 Å². The molecule has 0 bridgehead atoms. The summed E-state index contributed by atoms with van der Waals surface area (Å²) in [6.07, 6.45) is 1.40. The minimum Gasteiger partial charge on any atom is -0.490 e. The summed E-state index contributed by atoms with van der Waals surface area (Å²) in [5.74, 6) is 0.558. The number of hydrogen-bond acceptors (Lipinski definition) is 8. The lowest BCUT2D eigenvalue weighted by molar-refractivity contribution is -0.393. The number of anilines is 1. The van der Waals surface area contributed by atoms with Crippen LogP contribution in [0.5, 0.6) is 11.5 Å². The molecule has 0 aliphatic rings. The molecule has 34 heavy (non-hydrogen) atoms. The summed E-state index contributed by atoms with van der Waals surface area (Å²) in [6, 6.07) is 12.5. The molecule has 0 aromatic heterocycles. The van der Waals surface area contributed by atoms with Crippen LogP contribution >= 0.6 is 15.9 Å². The molecule has 1 N–H and O–H groups in total. The summed E-state index contributed by atoms with van der Waals surface area (Å²) in [5.41, 5.74) is 3.00. The van der Waals surface area contributed by atoms with E-state index in [1.807, 2.05) is 6.92 Å². The molecule has 3 aromatic rings. The smallest absolute Gasteiger partial charge is 0.301 e. The molecule has 176 valence electrons. The Morgan fingerprint density at radius 3 is 2.38 bits per heavy atom. The maximum absolute atomic E-state index is 13.1. The Morgan fingerprint density at radius 2 is 1.74 bits per heavy atom. The van der Waals surface area contributed by atoms with Gasteiger partial charge in [-0.2, -0.15) is 5.10 Å². The van der Waals surface area contributed by atoms with Crippen LogP contribution < -0.4 is 14.9 Å². The van der Waals surface area contributed by atoms with Crippen LogP contribution in [0.4, 0.5) is 21.5 Å². The number of benzene rings is 3. The first-order chi connectivity index (χ1) is 16.3. The summed E-state index contributed by atoms with van der Waals surface area (Å²) in [6.45, 7) is 2.39. The van der Waals surface area contributed by atoms with E-state index < -0.39 is 21.2 Å². The number of non-ortho nitro benzene ring substituents is 1. The van der Waals surface area contributed by atoms with E-state index in [4.69, 9.17) is 9.47 Å². The predicted octanol–water partition coefficient (Wildman–Crippen LogP) is 5.83. The quantitative estimate of drug-likeness (QED) is 0.197. The van der Waals surface area contributed by atoms with Crippen LogP contribution in [0.3, 0.4) is 0 Å². The van der Waals surface area contributed by atoms with E-state index in [0.717, 1.165) is 17.7 Å². The van der Waals surface area contributed by atoms with Crippen LogP contribution in [0.25, 0.3) is 0 Å². The molecule has 0 aliphatic heterocycles. The van der Waals surface area contributed by atoms with Crippen LogP contribution in [0.15, 0.2) is 64.2 Å². The van der Waals surface area contributed by atoms with Gasteiger partial charge in [-0.3, -0.25) is 25.7 Å². The highest BCUT2D eigenvalue weighted by atomic mass is 79.9. The molecular weight excluding hydrogens is 515 g/mol. The van der Waals surface area contributed by atoms with E-state index in [-0.39, 0.29) is 18.1 Å². The highest BCUT2D eigenvalue weighted by Crippen LogP contribution is 2.34. The molecule has 3 aromatic carbocycles. The Balaban J connectivity index is 1.79. The maximum atomic E-state index is 13.1. The van der Waals surface area contributed by atoms with Gasteiger partial charge >= 0.3 is 5.69 Å². The summed E-state index contributed by atoms with van der Waals surface area (Å²) < 4.78 is 25.2. The lowest BCUT2D eigenvalue weighted by Gasteiger charge is -2.14. The monoisotopic (exact) mass is 532 g/mol. The number of nitrogens with zero attached hydrogens (tertiary/aromatic N) is 3. The van der Waals surface area contributed by atoms with Gasteiger partial charge in [-0.15, -0.1) is 0 Å². The van der Waals surface area contributed by atoms with Crippen molar-refractivity contribution in [1.29, 1.82) is 0 Å². The van der Waals surface area contributed by atoms with Crippen molar-refractivity contribution in [2.24, 2.45) is 5.10 Å². The molecule has 3 rings (SSSR count). The molecule has 0 aliphatic carbocycles. The molecule has 10 nitrogen and oxygen atoms in total. The molecule has 0 fully saturated rings. The summed E-state index contributed by atoms with van der Waals surface area (Å²) >= 11 is 3.43. The molecule has 0 unspecified atom stereocenters. The minimum atomic E-state index is -0.735. The zero-order valence-electron chi connectivity index (χ0n) is 17.7. The van der Waals surface area contributed by atoms with Crippen molar-refractivity contribution < 1.29 is 23.7 Å². The van der Waals surface area contributed by atoms with Gasteiger partial charge in [0.25, 0.3) is 5.69 Å². The van der Waals surface area contributed by atoms with Crippen molar-refractivity contribution in [3.05, 3.63) is 96.2 Å². The Labute approximate surface area is 201 Å². The number of nitro benzene ring substituents is 2. The van der Waals surface area contributed by atoms with Crippen LogP contribution in [-0.2, 0) is 6.61 Å². The van der Waals surface area contributed by atoms with E-state index in [9.17, 15) is 24.6 Å². The number of nitrogens with one attached hydrogen (secondary N) is 1. The zero-order chi connectivity index (χ0) is 24.7. The highest BCUT2D eigenvalue weighted by Gasteiger charge is 2.19. The van der Waals surface area contributed by atoms with Crippen molar-refractivity contribution in [1.82, 2.24) is 0 Å². The van der Waals surface area contributed by atoms with E-state index in [1.54, 1.807) is 24.3 Å². The molecule has 0 saturated heterocycles. The normalized spacial score (nSPS) is 10.8. The van der Waals surface area contributed by atoms with Gasteiger partial charge in [0.05, 0.1) is 28.7 Å². The largest absolute Gasteiger partial charge is 0.490 e. The lowest BCUT2D eigenvalue weighted by atomic mass is 10.2. The number of ether oxygens (including phenoxy) is 2.